The van der Waals surface area contributed by atoms with Crippen LogP contribution in [0.2, 0.25) is 5.02 Å². The average molecular weight is 351 g/mol. The van der Waals surface area contributed by atoms with Gasteiger partial charge in [-0.3, -0.25) is 0 Å². The number of methoxy groups -OCH3 is 1. The van der Waals surface area contributed by atoms with Gasteiger partial charge in [-0.1, -0.05) is 35.5 Å². The summed E-state index contributed by atoms with van der Waals surface area (Å²) in [6.45, 7) is 1.83. The molecular weight excluding hydrogens is 336 g/mol. The van der Waals surface area contributed by atoms with Gasteiger partial charge in [0.25, 0.3) is 0 Å². The standard InChI is InChI=1S/C15H15ClN4O2S/c1-8-11(13(21)22-2)12(9-4-6-10(16)7-5-9)20-14(17-8)18-15(19-20)23-3/h4-7,12H,1-3H3,(H,17,18,19). The fourth-order valence-electron chi connectivity index (χ4n) is 2.55. The molecule has 0 radical (unpaired) electrons. The molecule has 0 fully saturated rings. The van der Waals surface area contributed by atoms with E-state index < -0.39 is 12.0 Å². The Morgan fingerprint density at radius 3 is 2.70 bits per heavy atom. The minimum Gasteiger partial charge on any atom is -0.466 e. The highest BCUT2D eigenvalue weighted by atomic mass is 35.5. The average Bonchev–Trinajstić information content (AvgIpc) is 2.96. The number of esters is 1. The van der Waals surface area contributed by atoms with Gasteiger partial charge in [-0.2, -0.15) is 4.98 Å². The Labute approximate surface area is 142 Å². The third-order valence-electron chi connectivity index (χ3n) is 3.61. The van der Waals surface area contributed by atoms with Crippen molar-refractivity contribution in [1.82, 2.24) is 14.8 Å². The quantitative estimate of drug-likeness (QED) is 0.677. The lowest BCUT2D eigenvalue weighted by Gasteiger charge is -2.27. The van der Waals surface area contributed by atoms with E-state index in [2.05, 4.69) is 15.4 Å². The van der Waals surface area contributed by atoms with Crippen molar-refractivity contribution in [3.05, 3.63) is 46.1 Å². The second-order valence-electron chi connectivity index (χ2n) is 4.98. The number of carbonyl (C=O) groups is 1. The number of halogens is 1. The molecule has 1 unspecified atom stereocenters. The first-order valence-electron chi connectivity index (χ1n) is 6.87. The van der Waals surface area contributed by atoms with Gasteiger partial charge < -0.3 is 10.1 Å². The van der Waals surface area contributed by atoms with Crippen LogP contribution < -0.4 is 5.32 Å². The Bertz CT molecular complexity index is 785. The van der Waals surface area contributed by atoms with Gasteiger partial charge in [-0.15, -0.1) is 5.10 Å². The Morgan fingerprint density at radius 2 is 2.09 bits per heavy atom. The van der Waals surface area contributed by atoms with Gasteiger partial charge in [0.2, 0.25) is 11.1 Å². The van der Waals surface area contributed by atoms with Crippen molar-refractivity contribution < 1.29 is 9.53 Å². The molecule has 6 nitrogen and oxygen atoms in total. The molecule has 0 saturated heterocycles. The summed E-state index contributed by atoms with van der Waals surface area (Å²) < 4.78 is 6.66. The van der Waals surface area contributed by atoms with Crippen LogP contribution in [-0.2, 0) is 9.53 Å². The van der Waals surface area contributed by atoms with Crippen LogP contribution >= 0.6 is 23.4 Å². The van der Waals surface area contributed by atoms with E-state index >= 15 is 0 Å². The summed E-state index contributed by atoms with van der Waals surface area (Å²) in [4.78, 5) is 16.7. The zero-order valence-corrected chi connectivity index (χ0v) is 14.4. The molecule has 1 aromatic heterocycles. The maximum Gasteiger partial charge on any atom is 0.338 e. The summed E-state index contributed by atoms with van der Waals surface area (Å²) in [6, 6.07) is 6.91. The maximum absolute atomic E-state index is 12.3. The second-order valence-corrected chi connectivity index (χ2v) is 6.19. The van der Waals surface area contributed by atoms with E-state index in [0.717, 1.165) is 5.56 Å². The Balaban J connectivity index is 2.18. The van der Waals surface area contributed by atoms with Gasteiger partial charge in [0, 0.05) is 10.7 Å². The first kappa shape index (κ1) is 15.9. The lowest BCUT2D eigenvalue weighted by Crippen LogP contribution is -2.29. The van der Waals surface area contributed by atoms with Crippen molar-refractivity contribution >= 4 is 35.3 Å². The highest BCUT2D eigenvalue weighted by Gasteiger charge is 2.34. The molecule has 0 amide bonds. The van der Waals surface area contributed by atoms with Gasteiger partial charge in [-0.25, -0.2) is 9.48 Å². The molecular formula is C15H15ClN4O2S. The zero-order valence-electron chi connectivity index (χ0n) is 12.8. The normalized spacial score (nSPS) is 16.8. The monoisotopic (exact) mass is 350 g/mol. The van der Waals surface area contributed by atoms with Crippen molar-refractivity contribution in [3.63, 3.8) is 0 Å². The molecule has 0 saturated carbocycles. The van der Waals surface area contributed by atoms with Crippen molar-refractivity contribution in [3.8, 4) is 0 Å². The first-order chi connectivity index (χ1) is 11.0. The van der Waals surface area contributed by atoms with E-state index in [-0.39, 0.29) is 0 Å². The predicted molar refractivity (Wildman–Crippen MR) is 89.7 cm³/mol. The highest BCUT2D eigenvalue weighted by Crippen LogP contribution is 2.36. The first-order valence-corrected chi connectivity index (χ1v) is 8.47. The van der Waals surface area contributed by atoms with Gasteiger partial charge in [-0.05, 0) is 30.9 Å². The predicted octanol–water partition coefficient (Wildman–Crippen LogP) is 3.12. The molecule has 1 atom stereocenters. The van der Waals surface area contributed by atoms with E-state index in [4.69, 9.17) is 16.3 Å². The molecule has 1 aliphatic heterocycles. The topological polar surface area (TPSA) is 69.0 Å². The van der Waals surface area contributed by atoms with Crippen molar-refractivity contribution in [2.75, 3.05) is 18.7 Å². The summed E-state index contributed by atoms with van der Waals surface area (Å²) in [6.07, 6.45) is 1.90. The summed E-state index contributed by atoms with van der Waals surface area (Å²) in [5.41, 5.74) is 2.08. The van der Waals surface area contributed by atoms with Crippen molar-refractivity contribution in [2.24, 2.45) is 0 Å². The molecule has 120 valence electrons. The van der Waals surface area contributed by atoms with Gasteiger partial charge in [0.15, 0.2) is 0 Å². The van der Waals surface area contributed by atoms with E-state index in [9.17, 15) is 4.79 Å². The third kappa shape index (κ3) is 2.82. The molecule has 1 aliphatic rings. The Hall–Kier alpha value is -1.99. The minimum atomic E-state index is -0.413. The maximum atomic E-state index is 12.3. The molecule has 0 bridgehead atoms. The number of nitrogens with zero attached hydrogens (tertiary/aromatic N) is 3. The summed E-state index contributed by atoms with van der Waals surface area (Å²) in [5.74, 6) is 0.196. The molecule has 2 heterocycles. The molecule has 23 heavy (non-hydrogen) atoms. The van der Waals surface area contributed by atoms with Crippen molar-refractivity contribution in [1.29, 1.82) is 0 Å². The fourth-order valence-corrected chi connectivity index (χ4v) is 3.02. The Kier molecular flexibility index (Phi) is 4.32. The van der Waals surface area contributed by atoms with E-state index in [1.807, 2.05) is 25.3 Å². The minimum absolute atomic E-state index is 0.401. The fraction of sp³-hybridized carbons (Fsp3) is 0.267. The van der Waals surface area contributed by atoms with Crippen LogP contribution in [0.3, 0.4) is 0 Å². The number of aromatic nitrogens is 3. The molecule has 2 aromatic rings. The molecule has 3 rings (SSSR count). The van der Waals surface area contributed by atoms with E-state index in [1.165, 1.54) is 18.9 Å². The van der Waals surface area contributed by atoms with Crippen molar-refractivity contribution in [2.45, 2.75) is 18.1 Å². The van der Waals surface area contributed by atoms with Crippen LogP contribution in [-0.4, -0.2) is 34.1 Å². The number of thioether (sulfide) groups is 1. The van der Waals surface area contributed by atoms with Crippen LogP contribution in [0.25, 0.3) is 0 Å². The van der Waals surface area contributed by atoms with Gasteiger partial charge in [0.05, 0.1) is 12.7 Å². The zero-order chi connectivity index (χ0) is 16.6. The number of anilines is 1. The molecule has 1 aromatic carbocycles. The number of carbonyl (C=O) groups excluding carboxylic acids is 1. The van der Waals surface area contributed by atoms with Gasteiger partial charge in [0.1, 0.15) is 6.04 Å². The van der Waals surface area contributed by atoms with E-state index in [1.54, 1.807) is 16.8 Å². The van der Waals surface area contributed by atoms with Crippen LogP contribution in [0.4, 0.5) is 5.95 Å². The Morgan fingerprint density at radius 1 is 1.39 bits per heavy atom. The number of nitrogens with one attached hydrogen (secondary N) is 1. The number of hydrogen-bond donors (Lipinski definition) is 1. The SMILES string of the molecule is COC(=O)C1=C(C)Nc2nc(SC)nn2C1c1ccc(Cl)cc1. The highest BCUT2D eigenvalue weighted by molar-refractivity contribution is 7.98. The third-order valence-corrected chi connectivity index (χ3v) is 4.40. The molecule has 0 spiro atoms. The van der Waals surface area contributed by atoms with Crippen LogP contribution in [0, 0.1) is 0 Å². The summed E-state index contributed by atoms with van der Waals surface area (Å²) >= 11 is 7.42. The lowest BCUT2D eigenvalue weighted by molar-refractivity contribution is -0.136. The number of ether oxygens (including phenoxy) is 1. The number of rotatable bonds is 3. The number of fused-ring (bicyclic) bond motifs is 1. The smallest absolute Gasteiger partial charge is 0.338 e. The second kappa shape index (κ2) is 6.25. The number of benzene rings is 1. The van der Waals surface area contributed by atoms with Crippen LogP contribution in [0.15, 0.2) is 40.7 Å². The van der Waals surface area contributed by atoms with Crippen LogP contribution in [0.1, 0.15) is 18.5 Å². The summed E-state index contributed by atoms with van der Waals surface area (Å²) in [5, 5.41) is 8.86. The summed E-state index contributed by atoms with van der Waals surface area (Å²) in [7, 11) is 1.37. The largest absolute Gasteiger partial charge is 0.466 e. The number of allylic oxidation sites excluding steroid dienone is 1. The van der Waals surface area contributed by atoms with Gasteiger partial charge >= 0.3 is 5.97 Å². The molecule has 1 N–H and O–H groups in total. The molecule has 8 heteroatoms. The van der Waals surface area contributed by atoms with Crippen LogP contribution in [0.5, 0.6) is 0 Å². The number of hydrogen-bond acceptors (Lipinski definition) is 6. The molecule has 0 aliphatic carbocycles. The van der Waals surface area contributed by atoms with E-state index in [0.29, 0.717) is 27.4 Å². The lowest BCUT2D eigenvalue weighted by atomic mass is 9.96.